The van der Waals surface area contributed by atoms with Crippen LogP contribution in [0.25, 0.3) is 11.1 Å². The Kier molecular flexibility index (Phi) is 7.16. The van der Waals surface area contributed by atoms with Crippen LogP contribution in [0.4, 0.5) is 0 Å². The molecular formula is C39H40Hf. The molecule has 0 atom stereocenters. The van der Waals surface area contributed by atoms with Gasteiger partial charge in [0.05, 0.1) is 0 Å². The van der Waals surface area contributed by atoms with Crippen molar-refractivity contribution in [2.75, 3.05) is 0 Å². The Morgan fingerprint density at radius 3 is 1.50 bits per heavy atom. The number of hydrogen-bond donors (Lipinski definition) is 0. The topological polar surface area (TPSA) is 0 Å². The summed E-state index contributed by atoms with van der Waals surface area (Å²) in [4.78, 5) is 0. The minimum absolute atomic E-state index is 0.112. The minimum atomic E-state index is -2.85. The van der Waals surface area contributed by atoms with Gasteiger partial charge in [0.15, 0.2) is 0 Å². The maximum atomic E-state index is 2.52. The first-order chi connectivity index (χ1) is 19.1. The van der Waals surface area contributed by atoms with Crippen molar-refractivity contribution >= 4 is 3.26 Å². The van der Waals surface area contributed by atoms with Crippen molar-refractivity contribution in [1.29, 1.82) is 0 Å². The molecule has 200 valence electrons. The van der Waals surface area contributed by atoms with E-state index in [9.17, 15) is 0 Å². The Hall–Kier alpha value is -2.90. The molecule has 0 fully saturated rings. The molecule has 0 N–H and O–H groups in total. The molecule has 0 unspecified atom stereocenters. The molecule has 1 heteroatoms. The fourth-order valence-corrected chi connectivity index (χ4v) is 19.5. The molecule has 0 aromatic heterocycles. The third kappa shape index (κ3) is 5.03. The second-order valence-corrected chi connectivity index (χ2v) is 22.5. The van der Waals surface area contributed by atoms with Crippen molar-refractivity contribution in [3.8, 4) is 11.1 Å². The van der Waals surface area contributed by atoms with E-state index in [4.69, 9.17) is 0 Å². The van der Waals surface area contributed by atoms with Gasteiger partial charge in [0.25, 0.3) is 0 Å². The molecule has 0 aliphatic heterocycles. The van der Waals surface area contributed by atoms with Crippen molar-refractivity contribution in [3.63, 3.8) is 0 Å². The second-order valence-electron chi connectivity index (χ2n) is 13.4. The Labute approximate surface area is 248 Å². The third-order valence-corrected chi connectivity index (χ3v) is 20.7. The summed E-state index contributed by atoms with van der Waals surface area (Å²) in [5.41, 5.74) is 11.9. The Morgan fingerprint density at radius 2 is 1.10 bits per heavy atom. The molecule has 2 aliphatic rings. The zero-order chi connectivity index (χ0) is 28.1. The average Bonchev–Trinajstić information content (AvgIpc) is 3.58. The van der Waals surface area contributed by atoms with Crippen LogP contribution in [-0.4, -0.2) is 3.26 Å². The molecule has 0 radical (unpaired) electrons. The monoisotopic (exact) mass is 688 g/mol. The molecule has 0 saturated heterocycles. The van der Waals surface area contributed by atoms with Gasteiger partial charge in [-0.2, -0.15) is 0 Å². The van der Waals surface area contributed by atoms with E-state index in [1.807, 2.05) is 0 Å². The molecule has 0 amide bonds. The average molecular weight is 687 g/mol. The molecule has 40 heavy (non-hydrogen) atoms. The summed E-state index contributed by atoms with van der Waals surface area (Å²) in [6.45, 7) is 14.0. The molecule has 0 nitrogen and oxygen atoms in total. The van der Waals surface area contributed by atoms with Gasteiger partial charge < -0.3 is 0 Å². The van der Waals surface area contributed by atoms with Gasteiger partial charge in [-0.05, 0) is 0 Å². The number of allylic oxidation sites excluding steroid dienone is 4. The van der Waals surface area contributed by atoms with E-state index in [0.717, 1.165) is 6.42 Å². The van der Waals surface area contributed by atoms with E-state index < -0.39 is 21.0 Å². The van der Waals surface area contributed by atoms with Gasteiger partial charge in [0.2, 0.25) is 0 Å². The van der Waals surface area contributed by atoms with Crippen molar-refractivity contribution in [1.82, 2.24) is 0 Å². The summed E-state index contributed by atoms with van der Waals surface area (Å²) in [6, 6.07) is 37.4. The normalized spacial score (nSPS) is 14.6. The zero-order valence-electron chi connectivity index (χ0n) is 24.8. The number of benzene rings is 4. The molecular weight excluding hydrogens is 647 g/mol. The summed E-state index contributed by atoms with van der Waals surface area (Å²) >= 11 is -2.85. The van der Waals surface area contributed by atoms with Crippen LogP contribution in [0.1, 0.15) is 85.0 Å². The standard InChI is InChI=1S/C21H25.C13H10.C5H5.Hf/c1-20(2,3)16-9-7-14-11-15-8-10-17(21(4,5)6)13-19(15)18(14)12-16;1-3-7-12(8-4-1)11-13-9-5-2-6-10-13;1-2-4-5-3-1;/h7-13H,1-6H3;1-10H;1-3H,4H2;. The van der Waals surface area contributed by atoms with Crippen LogP contribution < -0.4 is 0 Å². The molecule has 0 spiro atoms. The first-order valence-corrected chi connectivity index (χ1v) is 20.3. The summed E-state index contributed by atoms with van der Waals surface area (Å²) in [7, 11) is 0. The Balaban J connectivity index is 1.71. The predicted octanol–water partition coefficient (Wildman–Crippen LogP) is 10.1. The van der Waals surface area contributed by atoms with E-state index in [1.165, 1.54) is 33.4 Å². The Bertz CT molecular complexity index is 1550. The third-order valence-electron chi connectivity index (χ3n) is 8.55. The van der Waals surface area contributed by atoms with Crippen LogP contribution >= 0.6 is 0 Å². The molecule has 0 saturated carbocycles. The van der Waals surface area contributed by atoms with E-state index in [2.05, 4.69) is 157 Å². The molecule has 6 rings (SSSR count). The van der Waals surface area contributed by atoms with Crippen LogP contribution in [0.3, 0.4) is 0 Å². The quantitative estimate of drug-likeness (QED) is 0.188. The maximum absolute atomic E-state index is 2.85. The zero-order valence-corrected chi connectivity index (χ0v) is 28.3. The fraction of sp³-hybridized carbons (Fsp3) is 0.256. The molecule has 4 aromatic carbocycles. The van der Waals surface area contributed by atoms with Crippen molar-refractivity contribution in [3.05, 3.63) is 152 Å². The van der Waals surface area contributed by atoms with Gasteiger partial charge in [-0.1, -0.05) is 0 Å². The van der Waals surface area contributed by atoms with E-state index in [1.54, 1.807) is 17.7 Å². The predicted molar refractivity (Wildman–Crippen MR) is 169 cm³/mol. The molecule has 2 aliphatic carbocycles. The number of hydrogen-bond acceptors (Lipinski definition) is 0. The van der Waals surface area contributed by atoms with Gasteiger partial charge in [-0.15, -0.1) is 0 Å². The van der Waals surface area contributed by atoms with Crippen molar-refractivity contribution in [2.24, 2.45) is 0 Å². The first-order valence-electron chi connectivity index (χ1n) is 14.6. The summed E-state index contributed by atoms with van der Waals surface area (Å²) < 4.78 is 3.79. The summed E-state index contributed by atoms with van der Waals surface area (Å²) in [5.74, 6) is 0. The summed E-state index contributed by atoms with van der Waals surface area (Å²) in [5, 5.41) is 0. The Morgan fingerprint density at radius 1 is 0.625 bits per heavy atom. The molecule has 0 heterocycles. The van der Waals surface area contributed by atoms with Crippen LogP contribution in [0.5, 0.6) is 0 Å². The van der Waals surface area contributed by atoms with Gasteiger partial charge in [-0.25, -0.2) is 0 Å². The van der Waals surface area contributed by atoms with Crippen LogP contribution in [0.15, 0.2) is 119 Å². The van der Waals surface area contributed by atoms with Gasteiger partial charge >= 0.3 is 250 Å². The first kappa shape index (κ1) is 27.3. The van der Waals surface area contributed by atoms with Crippen molar-refractivity contribution < 1.29 is 21.0 Å². The van der Waals surface area contributed by atoms with E-state index in [0.29, 0.717) is 3.67 Å². The number of fused-ring (bicyclic) bond motifs is 3. The number of rotatable bonds is 4. The van der Waals surface area contributed by atoms with Crippen LogP contribution in [-0.2, 0) is 31.8 Å². The molecule has 0 bridgehead atoms. The SMILES string of the molecule is CC(C)(C)c1ccc2c(c1)-c1cc(C(C)(C)C)ccc1[CH]2[Hf]([C]1=CC=CC1)=[C](c1ccccc1)c1ccccc1. The van der Waals surface area contributed by atoms with Gasteiger partial charge in [-0.3, -0.25) is 0 Å². The van der Waals surface area contributed by atoms with Crippen LogP contribution in [0.2, 0.25) is 0 Å². The van der Waals surface area contributed by atoms with Crippen molar-refractivity contribution in [2.45, 2.75) is 62.5 Å². The van der Waals surface area contributed by atoms with E-state index >= 15 is 0 Å². The van der Waals surface area contributed by atoms with Gasteiger partial charge in [0.1, 0.15) is 0 Å². The van der Waals surface area contributed by atoms with E-state index in [-0.39, 0.29) is 10.8 Å². The molecule has 4 aromatic rings. The summed E-state index contributed by atoms with van der Waals surface area (Å²) in [6.07, 6.45) is 8.23. The second kappa shape index (κ2) is 10.5. The van der Waals surface area contributed by atoms with Gasteiger partial charge in [0, 0.05) is 0 Å². The van der Waals surface area contributed by atoms with Crippen LogP contribution in [0, 0.1) is 0 Å². The fourth-order valence-electron chi connectivity index (χ4n) is 6.32.